The van der Waals surface area contributed by atoms with Crippen LogP contribution in [0.2, 0.25) is 0 Å². The first-order valence-electron chi connectivity index (χ1n) is 4.06. The molecule has 0 radical (unpaired) electrons. The molecule has 0 amide bonds. The van der Waals surface area contributed by atoms with Crippen LogP contribution in [0.5, 0.6) is 11.5 Å². The summed E-state index contributed by atoms with van der Waals surface area (Å²) in [6.07, 6.45) is 0. The molecule has 1 rings (SSSR count). The van der Waals surface area contributed by atoms with Gasteiger partial charge in [-0.3, -0.25) is 4.79 Å². The van der Waals surface area contributed by atoms with Crippen LogP contribution in [0, 0.1) is 6.92 Å². The van der Waals surface area contributed by atoms with E-state index in [0.717, 1.165) is 10.0 Å². The van der Waals surface area contributed by atoms with Gasteiger partial charge in [-0.15, -0.1) is 0 Å². The number of hydrogen-bond acceptors (Lipinski definition) is 3. The normalized spacial score (nSPS) is 10.0. The lowest BCUT2D eigenvalue weighted by Crippen LogP contribution is -1.99. The van der Waals surface area contributed by atoms with Crippen molar-refractivity contribution in [1.29, 1.82) is 0 Å². The average Bonchev–Trinajstić information content (AvgIpc) is 2.11. The number of carbonyl (C=O) groups is 1. The van der Waals surface area contributed by atoms with Crippen LogP contribution in [-0.4, -0.2) is 18.0 Å². The Hall–Kier alpha value is -1.03. The van der Waals surface area contributed by atoms with Crippen molar-refractivity contribution in [3.8, 4) is 11.5 Å². The number of benzene rings is 1. The van der Waals surface area contributed by atoms with Crippen LogP contribution in [-0.2, 0) is 0 Å². The van der Waals surface area contributed by atoms with Gasteiger partial charge in [0, 0.05) is 4.47 Å². The van der Waals surface area contributed by atoms with Crippen molar-refractivity contribution >= 4 is 21.7 Å². The fraction of sp³-hybridized carbons (Fsp3) is 0.300. The number of phenols is 1. The highest BCUT2D eigenvalue weighted by Crippen LogP contribution is 2.37. The summed E-state index contributed by atoms with van der Waals surface area (Å²) in [5.74, 6) is 0.0213. The van der Waals surface area contributed by atoms with Crippen molar-refractivity contribution in [3.05, 3.63) is 21.7 Å². The third-order valence-electron chi connectivity index (χ3n) is 2.03. The smallest absolute Gasteiger partial charge is 0.169 e. The number of hydrogen-bond donors (Lipinski definition) is 1. The molecule has 0 unspecified atom stereocenters. The molecule has 0 aliphatic carbocycles. The number of halogens is 1. The molecule has 0 aliphatic heterocycles. The summed E-state index contributed by atoms with van der Waals surface area (Å²) in [7, 11) is 1.45. The molecule has 1 N–H and O–H groups in total. The van der Waals surface area contributed by atoms with Gasteiger partial charge < -0.3 is 9.84 Å². The average molecular weight is 259 g/mol. The van der Waals surface area contributed by atoms with Crippen molar-refractivity contribution in [3.63, 3.8) is 0 Å². The summed E-state index contributed by atoms with van der Waals surface area (Å²) in [5, 5.41) is 9.70. The zero-order valence-electron chi connectivity index (χ0n) is 8.22. The molecule has 0 bridgehead atoms. The number of methoxy groups -OCH3 is 1. The van der Waals surface area contributed by atoms with Crippen LogP contribution in [0.1, 0.15) is 22.8 Å². The van der Waals surface area contributed by atoms with Crippen molar-refractivity contribution < 1.29 is 14.6 Å². The molecule has 4 heteroatoms. The molecule has 0 aromatic heterocycles. The molecule has 0 atom stereocenters. The van der Waals surface area contributed by atoms with Gasteiger partial charge in [-0.25, -0.2) is 0 Å². The van der Waals surface area contributed by atoms with E-state index in [1.165, 1.54) is 14.0 Å². The highest BCUT2D eigenvalue weighted by atomic mass is 79.9. The summed E-state index contributed by atoms with van der Waals surface area (Å²) in [5.41, 5.74) is 1.02. The maximum atomic E-state index is 11.3. The predicted octanol–water partition coefficient (Wildman–Crippen LogP) is 2.67. The number of ether oxygens (including phenoxy) is 1. The summed E-state index contributed by atoms with van der Waals surface area (Å²) >= 11 is 3.30. The van der Waals surface area contributed by atoms with E-state index < -0.39 is 0 Å². The second-order valence-corrected chi connectivity index (χ2v) is 3.82. The minimum atomic E-state index is -0.181. The standard InChI is InChI=1S/C10H11BrO3/c1-5-7(11)4-8(14-3)10(13)9(5)6(2)12/h4,13H,1-3H3. The van der Waals surface area contributed by atoms with Crippen LogP contribution in [0.4, 0.5) is 0 Å². The Bertz CT molecular complexity index is 385. The number of Topliss-reactive ketones (excluding diaryl/α,β-unsaturated/α-hetero) is 1. The third kappa shape index (κ3) is 1.75. The van der Waals surface area contributed by atoms with Crippen LogP contribution in [0.3, 0.4) is 0 Å². The van der Waals surface area contributed by atoms with E-state index in [9.17, 15) is 9.90 Å². The number of rotatable bonds is 2. The van der Waals surface area contributed by atoms with Gasteiger partial charge in [0.1, 0.15) is 0 Å². The Kier molecular flexibility index (Phi) is 3.16. The van der Waals surface area contributed by atoms with E-state index in [-0.39, 0.29) is 11.5 Å². The summed E-state index contributed by atoms with van der Waals surface area (Å²) in [6.45, 7) is 3.17. The van der Waals surface area contributed by atoms with Crippen LogP contribution < -0.4 is 4.74 Å². The third-order valence-corrected chi connectivity index (χ3v) is 2.86. The molecule has 1 aromatic rings. The number of carbonyl (C=O) groups excluding carboxylic acids is 1. The zero-order chi connectivity index (χ0) is 10.9. The Morgan fingerprint density at radius 3 is 2.57 bits per heavy atom. The van der Waals surface area contributed by atoms with Gasteiger partial charge in [-0.2, -0.15) is 0 Å². The highest BCUT2D eigenvalue weighted by Gasteiger charge is 2.17. The maximum Gasteiger partial charge on any atom is 0.169 e. The van der Waals surface area contributed by atoms with Crippen molar-refractivity contribution in [2.45, 2.75) is 13.8 Å². The minimum absolute atomic E-state index is 0.0966. The quantitative estimate of drug-likeness (QED) is 0.830. The zero-order valence-corrected chi connectivity index (χ0v) is 9.81. The van der Waals surface area contributed by atoms with Crippen molar-refractivity contribution in [2.75, 3.05) is 7.11 Å². The summed E-state index contributed by atoms with van der Waals surface area (Å²) in [6, 6.07) is 1.64. The first-order chi connectivity index (χ1) is 6.49. The summed E-state index contributed by atoms with van der Waals surface area (Å²) < 4.78 is 5.69. The Morgan fingerprint density at radius 1 is 1.57 bits per heavy atom. The van der Waals surface area contributed by atoms with Crippen LogP contribution >= 0.6 is 15.9 Å². The molecule has 1 aromatic carbocycles. The van der Waals surface area contributed by atoms with Gasteiger partial charge in [0.2, 0.25) is 0 Å². The molecule has 0 saturated carbocycles. The van der Waals surface area contributed by atoms with E-state index in [4.69, 9.17) is 4.74 Å². The molecule has 3 nitrogen and oxygen atoms in total. The predicted molar refractivity (Wildman–Crippen MR) is 57.1 cm³/mol. The highest BCUT2D eigenvalue weighted by molar-refractivity contribution is 9.10. The van der Waals surface area contributed by atoms with E-state index in [1.807, 2.05) is 0 Å². The van der Waals surface area contributed by atoms with Gasteiger partial charge in [0.05, 0.1) is 12.7 Å². The molecule has 0 spiro atoms. The van der Waals surface area contributed by atoms with E-state index >= 15 is 0 Å². The van der Waals surface area contributed by atoms with Crippen molar-refractivity contribution in [1.82, 2.24) is 0 Å². The number of aromatic hydroxyl groups is 1. The number of phenolic OH excluding ortho intramolecular Hbond substituents is 1. The molecule has 0 aliphatic rings. The first-order valence-corrected chi connectivity index (χ1v) is 4.85. The van der Waals surface area contributed by atoms with Crippen LogP contribution in [0.25, 0.3) is 0 Å². The lowest BCUT2D eigenvalue weighted by atomic mass is 10.0. The second-order valence-electron chi connectivity index (χ2n) is 2.97. The fourth-order valence-corrected chi connectivity index (χ4v) is 1.70. The maximum absolute atomic E-state index is 11.3. The SMILES string of the molecule is COc1cc(Br)c(C)c(C(C)=O)c1O. The Morgan fingerprint density at radius 2 is 2.14 bits per heavy atom. The first kappa shape index (κ1) is 11.0. The molecule has 0 heterocycles. The van der Waals surface area contributed by atoms with E-state index in [1.54, 1.807) is 13.0 Å². The molecule has 76 valence electrons. The van der Waals surface area contributed by atoms with Gasteiger partial charge in [-0.05, 0) is 25.5 Å². The Labute approximate surface area is 90.8 Å². The lowest BCUT2D eigenvalue weighted by Gasteiger charge is -2.11. The monoisotopic (exact) mass is 258 g/mol. The largest absolute Gasteiger partial charge is 0.504 e. The van der Waals surface area contributed by atoms with Crippen LogP contribution in [0.15, 0.2) is 10.5 Å². The Balaban J connectivity index is 3.53. The molecule has 0 saturated heterocycles. The lowest BCUT2D eigenvalue weighted by molar-refractivity contribution is 0.101. The minimum Gasteiger partial charge on any atom is -0.504 e. The van der Waals surface area contributed by atoms with Gasteiger partial charge >= 0.3 is 0 Å². The van der Waals surface area contributed by atoms with Gasteiger partial charge in [-0.1, -0.05) is 15.9 Å². The molecular formula is C10H11BrO3. The second kappa shape index (κ2) is 4.00. The summed E-state index contributed by atoms with van der Waals surface area (Å²) in [4.78, 5) is 11.3. The van der Waals surface area contributed by atoms with E-state index in [2.05, 4.69) is 15.9 Å². The molecule has 0 fully saturated rings. The molecule has 14 heavy (non-hydrogen) atoms. The molecular weight excluding hydrogens is 248 g/mol. The van der Waals surface area contributed by atoms with E-state index in [0.29, 0.717) is 11.3 Å². The van der Waals surface area contributed by atoms with Crippen molar-refractivity contribution in [2.24, 2.45) is 0 Å². The number of ketones is 1. The topological polar surface area (TPSA) is 46.5 Å². The fourth-order valence-electron chi connectivity index (χ4n) is 1.30. The van der Waals surface area contributed by atoms with Gasteiger partial charge in [0.25, 0.3) is 0 Å². The van der Waals surface area contributed by atoms with Gasteiger partial charge in [0.15, 0.2) is 17.3 Å².